The largest absolute Gasteiger partial charge is 0.405 e. The van der Waals surface area contributed by atoms with E-state index >= 15 is 0 Å². The van der Waals surface area contributed by atoms with Crippen LogP contribution in [0.5, 0.6) is 0 Å². The maximum Gasteiger partial charge on any atom is 0.261 e. The maximum absolute atomic E-state index is 10.4. The average Bonchev–Trinajstić information content (AvgIpc) is 2.69. The summed E-state index contributed by atoms with van der Waals surface area (Å²) in [4.78, 5) is 0. The average molecular weight is 413 g/mol. The molecule has 4 heteroatoms. The zero-order valence-corrected chi connectivity index (χ0v) is 19.5. The van der Waals surface area contributed by atoms with Crippen LogP contribution in [0.25, 0.3) is 0 Å². The highest BCUT2D eigenvalue weighted by Gasteiger charge is 2.50. The second-order valence-electron chi connectivity index (χ2n) is 9.81. The zero-order valence-electron chi connectivity index (χ0n) is 18.5. The summed E-state index contributed by atoms with van der Waals surface area (Å²) in [6.07, 6.45) is 2.82. The lowest BCUT2D eigenvalue weighted by Crippen LogP contribution is -2.67. The van der Waals surface area contributed by atoms with E-state index in [1.807, 2.05) is 13.8 Å². The van der Waals surface area contributed by atoms with E-state index in [0.717, 1.165) is 19.3 Å². The van der Waals surface area contributed by atoms with E-state index in [-0.39, 0.29) is 17.2 Å². The van der Waals surface area contributed by atoms with Gasteiger partial charge in [0.2, 0.25) is 0 Å². The summed E-state index contributed by atoms with van der Waals surface area (Å²) < 4.78 is 13.3. The number of hydrogen-bond donors (Lipinski definition) is 1. The zero-order chi connectivity index (χ0) is 21.1. The van der Waals surface area contributed by atoms with Crippen LogP contribution < -0.4 is 10.4 Å². The van der Waals surface area contributed by atoms with Gasteiger partial charge in [-0.2, -0.15) is 0 Å². The highest BCUT2D eigenvalue weighted by molar-refractivity contribution is 6.99. The van der Waals surface area contributed by atoms with E-state index in [1.165, 1.54) is 10.4 Å². The normalized spacial score (nSPS) is 21.2. The smallest absolute Gasteiger partial charge is 0.261 e. The SMILES string of the molecule is CC(C)(O)[C@H]1CCC[C@H](CO[Si](c2ccccc2)(c2ccccc2)C(C)(C)C)O1. The van der Waals surface area contributed by atoms with Crippen LogP contribution in [0.2, 0.25) is 5.04 Å². The van der Waals surface area contributed by atoms with Crippen molar-refractivity contribution in [2.24, 2.45) is 0 Å². The van der Waals surface area contributed by atoms with Gasteiger partial charge in [0, 0.05) is 0 Å². The number of ether oxygens (including phenoxy) is 1. The van der Waals surface area contributed by atoms with Crippen molar-refractivity contribution in [1.82, 2.24) is 0 Å². The predicted octanol–water partition coefficient (Wildman–Crippen LogP) is 4.27. The van der Waals surface area contributed by atoms with Gasteiger partial charge in [-0.15, -0.1) is 0 Å². The summed E-state index contributed by atoms with van der Waals surface area (Å²) in [7, 11) is -2.54. The third kappa shape index (κ3) is 4.83. The third-order valence-electron chi connectivity index (χ3n) is 6.04. The molecule has 1 heterocycles. The molecule has 0 aliphatic carbocycles. The fourth-order valence-corrected chi connectivity index (χ4v) is 9.11. The van der Waals surface area contributed by atoms with Crippen LogP contribution in [0.1, 0.15) is 53.9 Å². The highest BCUT2D eigenvalue weighted by atomic mass is 28.4. The second-order valence-corrected chi connectivity index (χ2v) is 14.1. The van der Waals surface area contributed by atoms with E-state index in [2.05, 4.69) is 81.4 Å². The summed E-state index contributed by atoms with van der Waals surface area (Å²) >= 11 is 0. The molecule has 0 amide bonds. The first-order valence-electron chi connectivity index (χ1n) is 10.8. The summed E-state index contributed by atoms with van der Waals surface area (Å²) in [5, 5.41) is 12.9. The Labute approximate surface area is 177 Å². The molecule has 2 atom stereocenters. The first-order valence-corrected chi connectivity index (χ1v) is 12.7. The van der Waals surface area contributed by atoms with E-state index in [0.29, 0.717) is 6.61 Å². The fraction of sp³-hybridized carbons (Fsp3) is 0.520. The molecule has 0 spiro atoms. The van der Waals surface area contributed by atoms with Crippen LogP contribution in [0, 0.1) is 0 Å². The van der Waals surface area contributed by atoms with Gasteiger partial charge in [0.25, 0.3) is 8.32 Å². The molecule has 0 aromatic heterocycles. The molecule has 29 heavy (non-hydrogen) atoms. The standard InChI is InChI=1S/C25H36O3Si/c1-24(2,3)29(21-14-8-6-9-15-21,22-16-10-7-11-17-22)27-19-20-13-12-18-23(28-20)25(4,5)26/h6-11,14-17,20,23,26H,12-13,18-19H2,1-5H3/t20-,23-/m1/s1. The molecule has 2 aromatic rings. The molecule has 0 unspecified atom stereocenters. The molecule has 1 saturated heterocycles. The van der Waals surface area contributed by atoms with Gasteiger partial charge in [0.1, 0.15) is 0 Å². The maximum atomic E-state index is 10.4. The summed E-state index contributed by atoms with van der Waals surface area (Å²) in [6.45, 7) is 11.1. The van der Waals surface area contributed by atoms with Gasteiger partial charge >= 0.3 is 0 Å². The van der Waals surface area contributed by atoms with Gasteiger partial charge in [-0.1, -0.05) is 81.4 Å². The molecule has 158 valence electrons. The molecule has 1 fully saturated rings. The molecule has 3 rings (SSSR count). The molecule has 3 nitrogen and oxygen atoms in total. The first-order chi connectivity index (χ1) is 13.6. The summed E-state index contributed by atoms with van der Waals surface area (Å²) in [6, 6.07) is 21.4. The summed E-state index contributed by atoms with van der Waals surface area (Å²) in [5.41, 5.74) is -0.823. The van der Waals surface area contributed by atoms with Crippen molar-refractivity contribution in [2.45, 2.75) is 76.7 Å². The van der Waals surface area contributed by atoms with E-state index in [1.54, 1.807) is 0 Å². The van der Waals surface area contributed by atoms with Crippen molar-refractivity contribution in [3.8, 4) is 0 Å². The Morgan fingerprint density at radius 1 is 0.897 bits per heavy atom. The predicted molar refractivity (Wildman–Crippen MR) is 122 cm³/mol. The quantitative estimate of drug-likeness (QED) is 0.720. The first kappa shape index (κ1) is 22.2. The minimum atomic E-state index is -2.54. The van der Waals surface area contributed by atoms with Gasteiger partial charge in [-0.3, -0.25) is 0 Å². The Morgan fingerprint density at radius 3 is 1.86 bits per heavy atom. The Bertz CT molecular complexity index is 723. The van der Waals surface area contributed by atoms with Crippen LogP contribution in [0.4, 0.5) is 0 Å². The van der Waals surface area contributed by atoms with Crippen LogP contribution in [0.15, 0.2) is 60.7 Å². The van der Waals surface area contributed by atoms with E-state index in [9.17, 15) is 5.11 Å². The molecule has 1 aliphatic heterocycles. The molecule has 1 N–H and O–H groups in total. The molecule has 0 saturated carbocycles. The van der Waals surface area contributed by atoms with Crippen molar-refractivity contribution in [3.63, 3.8) is 0 Å². The fourth-order valence-electron chi connectivity index (χ4n) is 4.52. The third-order valence-corrected chi connectivity index (χ3v) is 11.0. The lowest BCUT2D eigenvalue weighted by Gasteiger charge is -2.44. The highest BCUT2D eigenvalue weighted by Crippen LogP contribution is 2.37. The molecule has 0 bridgehead atoms. The van der Waals surface area contributed by atoms with Crippen LogP contribution >= 0.6 is 0 Å². The minimum absolute atomic E-state index is 0.0156. The van der Waals surface area contributed by atoms with Gasteiger partial charge in [0.05, 0.1) is 24.4 Å². The number of aliphatic hydroxyl groups is 1. The lowest BCUT2D eigenvalue weighted by atomic mass is 9.93. The van der Waals surface area contributed by atoms with Gasteiger partial charge in [-0.25, -0.2) is 0 Å². The van der Waals surface area contributed by atoms with Crippen molar-refractivity contribution in [3.05, 3.63) is 60.7 Å². The number of rotatable bonds is 6. The Morgan fingerprint density at radius 2 is 1.41 bits per heavy atom. The number of hydrogen-bond acceptors (Lipinski definition) is 3. The van der Waals surface area contributed by atoms with Gasteiger partial charge < -0.3 is 14.3 Å². The Balaban J connectivity index is 1.94. The number of benzene rings is 2. The Kier molecular flexibility index (Phi) is 6.69. The Hall–Kier alpha value is -1.46. The summed E-state index contributed by atoms with van der Waals surface area (Å²) in [5.74, 6) is 0. The molecule has 1 aliphatic rings. The van der Waals surface area contributed by atoms with Crippen LogP contribution in [-0.4, -0.2) is 37.8 Å². The van der Waals surface area contributed by atoms with Crippen molar-refractivity contribution >= 4 is 18.7 Å². The minimum Gasteiger partial charge on any atom is -0.405 e. The van der Waals surface area contributed by atoms with Gasteiger partial charge in [-0.05, 0) is 48.5 Å². The molecular weight excluding hydrogens is 376 g/mol. The monoisotopic (exact) mass is 412 g/mol. The lowest BCUT2D eigenvalue weighted by molar-refractivity contribution is -0.149. The van der Waals surface area contributed by atoms with Crippen molar-refractivity contribution in [1.29, 1.82) is 0 Å². The molecule has 2 aromatic carbocycles. The van der Waals surface area contributed by atoms with E-state index < -0.39 is 13.9 Å². The van der Waals surface area contributed by atoms with Crippen molar-refractivity contribution < 1.29 is 14.3 Å². The van der Waals surface area contributed by atoms with E-state index in [4.69, 9.17) is 9.16 Å². The van der Waals surface area contributed by atoms with Crippen LogP contribution in [0.3, 0.4) is 0 Å². The topological polar surface area (TPSA) is 38.7 Å². The van der Waals surface area contributed by atoms with Gasteiger partial charge in [0.15, 0.2) is 0 Å². The van der Waals surface area contributed by atoms with Crippen molar-refractivity contribution in [2.75, 3.05) is 6.61 Å². The molecule has 0 radical (unpaired) electrons. The van der Waals surface area contributed by atoms with Crippen LogP contribution in [-0.2, 0) is 9.16 Å². The second kappa shape index (κ2) is 8.72. The molecular formula is C25H36O3Si.